The maximum Gasteiger partial charge on any atom is 0.253 e. The molecular weight excluding hydrogens is 423 g/mol. The molecule has 178 valence electrons. The van der Waals surface area contributed by atoms with E-state index in [1.54, 1.807) is 12.1 Å². The number of nitrogens with one attached hydrogen (secondary N) is 2. The highest BCUT2D eigenvalue weighted by molar-refractivity contribution is 5.94. The van der Waals surface area contributed by atoms with Gasteiger partial charge in [-0.15, -0.1) is 0 Å². The molecule has 4 rings (SSSR count). The third-order valence-corrected chi connectivity index (χ3v) is 6.65. The number of carbonyl (C=O) groups excluding carboxylic acids is 1. The number of halogens is 1. The molecule has 0 fully saturated rings. The van der Waals surface area contributed by atoms with E-state index in [4.69, 9.17) is 0 Å². The van der Waals surface area contributed by atoms with Crippen molar-refractivity contribution < 1.29 is 9.18 Å². The van der Waals surface area contributed by atoms with E-state index >= 15 is 0 Å². The molecule has 3 aromatic rings. The summed E-state index contributed by atoms with van der Waals surface area (Å²) in [5, 5.41) is 6.15. The number of hydrogen-bond donors (Lipinski definition) is 2. The van der Waals surface area contributed by atoms with Gasteiger partial charge in [0.15, 0.2) is 6.30 Å². The highest BCUT2D eigenvalue weighted by Gasteiger charge is 2.18. The minimum Gasteiger partial charge on any atom is -0.322 e. The van der Waals surface area contributed by atoms with Gasteiger partial charge in [0, 0.05) is 11.6 Å². The standard InChI is InChI=1S/C30H35FN2O/c1-2-19-32-28-18-17-25-12-11-22(20-27(25)21-28)7-6-10-29(31)33-30(34)26-15-13-24(14-16-26)23-8-4-3-5-9-23/h3-5,8-9,11-16,20,28-29,32H,2,6-7,10,17-19,21H2,1H3,(H,33,34)/t28-,29?/m0/s1. The lowest BCUT2D eigenvalue weighted by molar-refractivity contribution is 0.0888. The summed E-state index contributed by atoms with van der Waals surface area (Å²) in [7, 11) is 0. The van der Waals surface area contributed by atoms with Crippen molar-refractivity contribution in [3.63, 3.8) is 0 Å². The second-order valence-electron chi connectivity index (χ2n) is 9.27. The predicted octanol–water partition coefficient (Wildman–Crippen LogP) is 6.26. The Morgan fingerprint density at radius 1 is 1.00 bits per heavy atom. The maximum atomic E-state index is 14.5. The summed E-state index contributed by atoms with van der Waals surface area (Å²) in [5.74, 6) is -0.369. The summed E-state index contributed by atoms with van der Waals surface area (Å²) in [6, 6.07) is 24.6. The molecule has 0 saturated heterocycles. The Labute approximate surface area is 202 Å². The molecule has 1 aliphatic carbocycles. The molecule has 0 spiro atoms. The third-order valence-electron chi connectivity index (χ3n) is 6.65. The molecular formula is C30H35FN2O. The zero-order valence-corrected chi connectivity index (χ0v) is 20.0. The second kappa shape index (κ2) is 11.9. The summed E-state index contributed by atoms with van der Waals surface area (Å²) in [6.45, 7) is 3.27. The van der Waals surface area contributed by atoms with Crippen LogP contribution < -0.4 is 10.6 Å². The Hall–Kier alpha value is -2.98. The molecule has 1 unspecified atom stereocenters. The van der Waals surface area contributed by atoms with Crippen molar-refractivity contribution in [2.75, 3.05) is 6.54 Å². The average molecular weight is 459 g/mol. The van der Waals surface area contributed by atoms with E-state index in [0.717, 1.165) is 43.4 Å². The second-order valence-corrected chi connectivity index (χ2v) is 9.27. The van der Waals surface area contributed by atoms with E-state index < -0.39 is 6.30 Å². The number of fused-ring (bicyclic) bond motifs is 1. The smallest absolute Gasteiger partial charge is 0.253 e. The Bertz CT molecular complexity index is 1060. The Kier molecular flexibility index (Phi) is 8.48. The number of rotatable bonds is 10. The SMILES string of the molecule is CCCN[C@H]1CCc2ccc(CCCC(F)NC(=O)c3ccc(-c4ccccc4)cc3)cc2C1. The number of alkyl halides is 1. The van der Waals surface area contributed by atoms with Crippen LogP contribution in [0.15, 0.2) is 72.8 Å². The van der Waals surface area contributed by atoms with Crippen LogP contribution in [0.4, 0.5) is 4.39 Å². The Morgan fingerprint density at radius 3 is 2.53 bits per heavy atom. The van der Waals surface area contributed by atoms with E-state index in [1.165, 1.54) is 23.1 Å². The molecule has 3 nitrogen and oxygen atoms in total. The summed E-state index contributed by atoms with van der Waals surface area (Å²) < 4.78 is 14.5. The molecule has 0 radical (unpaired) electrons. The summed E-state index contributed by atoms with van der Waals surface area (Å²) >= 11 is 0. The number of benzene rings is 3. The molecule has 34 heavy (non-hydrogen) atoms. The fraction of sp³-hybridized carbons (Fsp3) is 0.367. The van der Waals surface area contributed by atoms with Gasteiger partial charge < -0.3 is 10.6 Å². The van der Waals surface area contributed by atoms with Gasteiger partial charge in [-0.1, -0.05) is 67.6 Å². The summed E-state index contributed by atoms with van der Waals surface area (Å²) in [6.07, 6.45) is 5.05. The fourth-order valence-corrected chi connectivity index (χ4v) is 4.72. The van der Waals surface area contributed by atoms with Gasteiger partial charge in [-0.25, -0.2) is 4.39 Å². The molecule has 4 heteroatoms. The lowest BCUT2D eigenvalue weighted by Gasteiger charge is -2.26. The molecule has 3 aromatic carbocycles. The first-order valence-electron chi connectivity index (χ1n) is 12.6. The number of hydrogen-bond acceptors (Lipinski definition) is 2. The quantitative estimate of drug-likeness (QED) is 0.352. The molecule has 0 aromatic heterocycles. The van der Waals surface area contributed by atoms with Crippen LogP contribution in [0.3, 0.4) is 0 Å². The van der Waals surface area contributed by atoms with Gasteiger partial charge in [0.1, 0.15) is 0 Å². The van der Waals surface area contributed by atoms with E-state index in [-0.39, 0.29) is 5.91 Å². The normalized spacial score (nSPS) is 16.0. The van der Waals surface area contributed by atoms with Gasteiger partial charge in [-0.2, -0.15) is 0 Å². The van der Waals surface area contributed by atoms with Crippen molar-refractivity contribution >= 4 is 5.91 Å². The molecule has 1 aliphatic rings. The van der Waals surface area contributed by atoms with Crippen LogP contribution in [0.2, 0.25) is 0 Å². The van der Waals surface area contributed by atoms with Crippen molar-refractivity contribution in [2.45, 2.75) is 64.2 Å². The lowest BCUT2D eigenvalue weighted by atomic mass is 9.86. The molecule has 2 atom stereocenters. The van der Waals surface area contributed by atoms with Crippen LogP contribution in [-0.2, 0) is 19.3 Å². The molecule has 0 saturated carbocycles. The van der Waals surface area contributed by atoms with Crippen LogP contribution in [0.25, 0.3) is 11.1 Å². The first kappa shape index (κ1) is 24.2. The van der Waals surface area contributed by atoms with Gasteiger partial charge in [0.25, 0.3) is 5.91 Å². The minimum absolute atomic E-state index is 0.311. The first-order chi connectivity index (χ1) is 16.6. The van der Waals surface area contributed by atoms with Crippen LogP contribution in [0, 0.1) is 0 Å². The van der Waals surface area contributed by atoms with Gasteiger partial charge in [-0.3, -0.25) is 4.79 Å². The minimum atomic E-state index is -1.35. The van der Waals surface area contributed by atoms with E-state index in [1.807, 2.05) is 42.5 Å². The van der Waals surface area contributed by atoms with Crippen molar-refractivity contribution in [2.24, 2.45) is 0 Å². The van der Waals surface area contributed by atoms with Crippen molar-refractivity contribution in [1.29, 1.82) is 0 Å². The van der Waals surface area contributed by atoms with Crippen molar-refractivity contribution in [1.82, 2.24) is 10.6 Å². The molecule has 0 aliphatic heterocycles. The van der Waals surface area contributed by atoms with E-state index in [2.05, 4.69) is 35.8 Å². The van der Waals surface area contributed by atoms with Crippen LogP contribution in [-0.4, -0.2) is 24.8 Å². The highest BCUT2D eigenvalue weighted by Crippen LogP contribution is 2.24. The molecule has 2 N–H and O–H groups in total. The third kappa shape index (κ3) is 6.54. The van der Waals surface area contributed by atoms with Crippen LogP contribution in [0.5, 0.6) is 0 Å². The van der Waals surface area contributed by atoms with Gasteiger partial charge in [0.2, 0.25) is 0 Å². The van der Waals surface area contributed by atoms with Gasteiger partial charge >= 0.3 is 0 Å². The monoisotopic (exact) mass is 458 g/mol. The molecule has 1 amide bonds. The predicted molar refractivity (Wildman–Crippen MR) is 138 cm³/mol. The zero-order chi connectivity index (χ0) is 23.8. The lowest BCUT2D eigenvalue weighted by Crippen LogP contribution is -2.35. The topological polar surface area (TPSA) is 41.1 Å². The number of aryl methyl sites for hydroxylation is 2. The Balaban J connectivity index is 1.24. The zero-order valence-electron chi connectivity index (χ0n) is 20.0. The molecule has 0 bridgehead atoms. The van der Waals surface area contributed by atoms with Crippen LogP contribution in [0.1, 0.15) is 59.7 Å². The highest BCUT2D eigenvalue weighted by atomic mass is 19.1. The Morgan fingerprint density at radius 2 is 1.76 bits per heavy atom. The van der Waals surface area contributed by atoms with Gasteiger partial charge in [0.05, 0.1) is 0 Å². The molecule has 0 heterocycles. The first-order valence-corrected chi connectivity index (χ1v) is 12.6. The summed E-state index contributed by atoms with van der Waals surface area (Å²) in [5.41, 5.74) is 6.74. The number of carbonyl (C=O) groups is 1. The van der Waals surface area contributed by atoms with Crippen molar-refractivity contribution in [3.8, 4) is 11.1 Å². The average Bonchev–Trinajstić information content (AvgIpc) is 2.87. The largest absolute Gasteiger partial charge is 0.322 e. The fourth-order valence-electron chi connectivity index (χ4n) is 4.72. The van der Waals surface area contributed by atoms with Crippen molar-refractivity contribution in [3.05, 3.63) is 95.1 Å². The summed E-state index contributed by atoms with van der Waals surface area (Å²) in [4.78, 5) is 12.4. The van der Waals surface area contributed by atoms with E-state index in [9.17, 15) is 9.18 Å². The number of amides is 1. The maximum absolute atomic E-state index is 14.5. The van der Waals surface area contributed by atoms with Gasteiger partial charge in [-0.05, 0) is 91.4 Å². The van der Waals surface area contributed by atoms with E-state index in [0.29, 0.717) is 24.4 Å². The van der Waals surface area contributed by atoms with Crippen LogP contribution >= 0.6 is 0 Å².